The van der Waals surface area contributed by atoms with E-state index in [1.165, 1.54) is 0 Å². The van der Waals surface area contributed by atoms with Crippen LogP contribution in [0, 0.1) is 0 Å². The number of ether oxygens (including phenoxy) is 1. The van der Waals surface area contributed by atoms with E-state index >= 15 is 0 Å². The summed E-state index contributed by atoms with van der Waals surface area (Å²) in [4.78, 5) is 8.96. The Morgan fingerprint density at radius 3 is 2.65 bits per heavy atom. The lowest BCUT2D eigenvalue weighted by atomic mass is 10.2. The van der Waals surface area contributed by atoms with E-state index in [1.807, 2.05) is 18.2 Å². The lowest BCUT2D eigenvalue weighted by Gasteiger charge is -2.10. The summed E-state index contributed by atoms with van der Waals surface area (Å²) in [6.07, 6.45) is 1.84. The largest absolute Gasteiger partial charge is 0.497 e. The van der Waals surface area contributed by atoms with Gasteiger partial charge in [0.15, 0.2) is 5.82 Å². The molecule has 1 aromatic carbocycles. The van der Waals surface area contributed by atoms with Gasteiger partial charge in [-0.05, 0) is 40.5 Å². The van der Waals surface area contributed by atoms with E-state index in [2.05, 4.69) is 48.8 Å². The molecule has 0 amide bonds. The molecule has 0 aliphatic carbocycles. The highest BCUT2D eigenvalue weighted by Crippen LogP contribution is 2.32. The van der Waals surface area contributed by atoms with E-state index in [0.717, 1.165) is 38.8 Å². The summed E-state index contributed by atoms with van der Waals surface area (Å²) in [5.41, 5.74) is 7.75. The van der Waals surface area contributed by atoms with Gasteiger partial charge in [-0.15, -0.1) is 0 Å². The fraction of sp³-hybridized carbons (Fsp3) is 0.286. The number of aromatic nitrogens is 2. The summed E-state index contributed by atoms with van der Waals surface area (Å²) < 4.78 is 6.93. The molecule has 0 saturated heterocycles. The minimum absolute atomic E-state index is 0.452. The second-order valence-corrected chi connectivity index (χ2v) is 5.94. The van der Waals surface area contributed by atoms with Crippen molar-refractivity contribution in [3.8, 4) is 17.1 Å². The molecule has 0 fully saturated rings. The average Bonchev–Trinajstić information content (AvgIpc) is 2.44. The van der Waals surface area contributed by atoms with E-state index in [-0.39, 0.29) is 0 Å². The lowest BCUT2D eigenvalue weighted by Crippen LogP contribution is -2.03. The highest BCUT2D eigenvalue weighted by molar-refractivity contribution is 9.11. The quantitative estimate of drug-likeness (QED) is 0.834. The number of hydrogen-bond donors (Lipinski definition) is 1. The van der Waals surface area contributed by atoms with Crippen molar-refractivity contribution in [3.05, 3.63) is 32.8 Å². The van der Waals surface area contributed by atoms with Gasteiger partial charge in [0.25, 0.3) is 0 Å². The molecule has 0 atom stereocenters. The monoisotopic (exact) mass is 399 g/mol. The fourth-order valence-electron chi connectivity index (χ4n) is 1.84. The molecule has 0 saturated carbocycles. The highest BCUT2D eigenvalue weighted by atomic mass is 79.9. The highest BCUT2D eigenvalue weighted by Gasteiger charge is 2.13. The van der Waals surface area contributed by atoms with Crippen LogP contribution >= 0.6 is 31.9 Å². The van der Waals surface area contributed by atoms with Gasteiger partial charge in [-0.3, -0.25) is 0 Å². The number of methoxy groups -OCH3 is 1. The van der Waals surface area contributed by atoms with Crippen LogP contribution < -0.4 is 10.5 Å². The first-order valence-electron chi connectivity index (χ1n) is 6.22. The number of hydrogen-bond acceptors (Lipinski definition) is 4. The van der Waals surface area contributed by atoms with Crippen LogP contribution in [-0.4, -0.2) is 17.1 Å². The molecule has 0 aliphatic heterocycles. The molecule has 0 radical (unpaired) electrons. The molecule has 106 valence electrons. The summed E-state index contributed by atoms with van der Waals surface area (Å²) >= 11 is 6.96. The Labute approximate surface area is 135 Å². The van der Waals surface area contributed by atoms with Gasteiger partial charge >= 0.3 is 0 Å². The van der Waals surface area contributed by atoms with Gasteiger partial charge in [0.05, 0.1) is 17.3 Å². The predicted molar refractivity (Wildman–Crippen MR) is 87.8 cm³/mol. The van der Waals surface area contributed by atoms with E-state index in [4.69, 9.17) is 10.5 Å². The van der Waals surface area contributed by atoms with Crippen LogP contribution in [0.4, 0.5) is 5.82 Å². The van der Waals surface area contributed by atoms with Crippen molar-refractivity contribution in [2.24, 2.45) is 0 Å². The van der Waals surface area contributed by atoms with Gasteiger partial charge < -0.3 is 10.5 Å². The third kappa shape index (κ3) is 3.12. The molecule has 2 aromatic rings. The van der Waals surface area contributed by atoms with Crippen LogP contribution in [0.2, 0.25) is 0 Å². The minimum atomic E-state index is 0.452. The lowest BCUT2D eigenvalue weighted by molar-refractivity contribution is 0.415. The zero-order valence-corrected chi connectivity index (χ0v) is 14.5. The number of benzene rings is 1. The first-order chi connectivity index (χ1) is 9.56. The van der Waals surface area contributed by atoms with E-state index in [0.29, 0.717) is 11.6 Å². The predicted octanol–water partition coefficient (Wildman–Crippen LogP) is 4.21. The Hall–Kier alpha value is -1.14. The number of nitrogens with zero attached hydrogens (tertiary/aromatic N) is 2. The van der Waals surface area contributed by atoms with Crippen molar-refractivity contribution in [2.75, 3.05) is 12.8 Å². The Morgan fingerprint density at radius 1 is 1.25 bits per heavy atom. The molecule has 0 spiro atoms. The molecule has 6 heteroatoms. The summed E-state index contributed by atoms with van der Waals surface area (Å²) in [5, 5.41) is 0. The topological polar surface area (TPSA) is 61.0 Å². The third-order valence-electron chi connectivity index (χ3n) is 2.85. The first kappa shape index (κ1) is 15.3. The van der Waals surface area contributed by atoms with Crippen LogP contribution in [0.15, 0.2) is 27.1 Å². The molecule has 2 rings (SSSR count). The molecule has 0 aliphatic rings. The normalized spacial score (nSPS) is 10.6. The zero-order valence-electron chi connectivity index (χ0n) is 11.3. The molecule has 0 unspecified atom stereocenters. The van der Waals surface area contributed by atoms with Crippen LogP contribution in [0.25, 0.3) is 11.4 Å². The van der Waals surface area contributed by atoms with Crippen molar-refractivity contribution >= 4 is 37.7 Å². The van der Waals surface area contributed by atoms with Crippen molar-refractivity contribution in [3.63, 3.8) is 0 Å². The van der Waals surface area contributed by atoms with Crippen LogP contribution in [0.1, 0.15) is 19.0 Å². The van der Waals surface area contributed by atoms with Crippen molar-refractivity contribution in [2.45, 2.75) is 19.8 Å². The van der Waals surface area contributed by atoms with Gasteiger partial charge in [0.1, 0.15) is 11.6 Å². The maximum Gasteiger partial charge on any atom is 0.163 e. The second kappa shape index (κ2) is 6.54. The van der Waals surface area contributed by atoms with Crippen LogP contribution in [-0.2, 0) is 6.42 Å². The Balaban J connectivity index is 2.57. The summed E-state index contributed by atoms with van der Waals surface area (Å²) in [6, 6.07) is 5.68. The fourth-order valence-corrected chi connectivity index (χ4v) is 2.64. The summed E-state index contributed by atoms with van der Waals surface area (Å²) in [6.45, 7) is 2.10. The molecule has 4 nitrogen and oxygen atoms in total. The summed E-state index contributed by atoms with van der Waals surface area (Å²) in [7, 11) is 1.63. The van der Waals surface area contributed by atoms with Gasteiger partial charge in [0, 0.05) is 10.0 Å². The number of nitrogen functional groups attached to an aromatic ring is 1. The number of nitrogens with two attached hydrogens (primary N) is 1. The zero-order chi connectivity index (χ0) is 14.7. The van der Waals surface area contributed by atoms with Crippen molar-refractivity contribution in [1.82, 2.24) is 9.97 Å². The van der Waals surface area contributed by atoms with Crippen LogP contribution in [0.5, 0.6) is 5.75 Å². The Kier molecular flexibility index (Phi) is 4.99. The van der Waals surface area contributed by atoms with E-state index in [9.17, 15) is 0 Å². The SMILES string of the molecule is CCCc1nc(-c2cc(OC)ccc2Br)nc(N)c1Br. The summed E-state index contributed by atoms with van der Waals surface area (Å²) in [5.74, 6) is 1.80. The molecule has 20 heavy (non-hydrogen) atoms. The molecular formula is C14H15Br2N3O. The molecule has 1 aromatic heterocycles. The molecule has 2 N–H and O–H groups in total. The van der Waals surface area contributed by atoms with Crippen molar-refractivity contribution in [1.29, 1.82) is 0 Å². The van der Waals surface area contributed by atoms with Crippen molar-refractivity contribution < 1.29 is 4.74 Å². The first-order valence-corrected chi connectivity index (χ1v) is 7.81. The van der Waals surface area contributed by atoms with Gasteiger partial charge in [-0.2, -0.15) is 0 Å². The smallest absolute Gasteiger partial charge is 0.163 e. The second-order valence-electron chi connectivity index (χ2n) is 4.29. The number of anilines is 1. The maximum atomic E-state index is 5.97. The maximum absolute atomic E-state index is 5.97. The third-order valence-corrected chi connectivity index (χ3v) is 4.40. The Bertz CT molecular complexity index is 632. The Morgan fingerprint density at radius 2 is 2.00 bits per heavy atom. The molecule has 0 bridgehead atoms. The van der Waals surface area contributed by atoms with E-state index in [1.54, 1.807) is 7.11 Å². The molecular weight excluding hydrogens is 386 g/mol. The number of rotatable bonds is 4. The van der Waals surface area contributed by atoms with Crippen LogP contribution in [0.3, 0.4) is 0 Å². The average molecular weight is 401 g/mol. The van der Waals surface area contributed by atoms with E-state index < -0.39 is 0 Å². The minimum Gasteiger partial charge on any atom is -0.497 e. The molecule has 1 heterocycles. The number of aryl methyl sites for hydroxylation is 1. The van der Waals surface area contributed by atoms with Gasteiger partial charge in [-0.25, -0.2) is 9.97 Å². The van der Waals surface area contributed by atoms with Gasteiger partial charge in [0.2, 0.25) is 0 Å². The van der Waals surface area contributed by atoms with Gasteiger partial charge in [-0.1, -0.05) is 29.3 Å². The number of halogens is 2. The standard InChI is InChI=1S/C14H15Br2N3O/c1-3-4-11-12(16)13(17)19-14(18-11)9-7-8(20-2)5-6-10(9)15/h5-7H,3-4H2,1-2H3,(H2,17,18,19).